The van der Waals surface area contributed by atoms with Crippen LogP contribution in [0.2, 0.25) is 0 Å². The number of carbonyl (C=O) groups is 1. The molecule has 3 N–H and O–H groups in total. The molecule has 0 aromatic carbocycles. The van der Waals surface area contributed by atoms with Gasteiger partial charge >= 0.3 is 6.03 Å². The third-order valence-corrected chi connectivity index (χ3v) is 4.23. The van der Waals surface area contributed by atoms with Crippen LogP contribution in [0.4, 0.5) is 4.79 Å². The summed E-state index contributed by atoms with van der Waals surface area (Å²) < 4.78 is 0. The topological polar surface area (TPSA) is 71.2 Å². The highest BCUT2D eigenvalue weighted by atomic mass is 16.2. The van der Waals surface area contributed by atoms with E-state index < -0.39 is 0 Å². The van der Waals surface area contributed by atoms with Gasteiger partial charge in [0.1, 0.15) is 0 Å². The van der Waals surface area contributed by atoms with Crippen molar-refractivity contribution in [1.29, 1.82) is 0 Å². The van der Waals surface area contributed by atoms with Crippen LogP contribution in [0.5, 0.6) is 0 Å². The Hall–Kier alpha value is -1.62. The molecule has 1 saturated carbocycles. The number of pyridine rings is 1. The molecule has 3 rings (SSSR count). The number of carbonyl (C=O) groups excluding carboxylic acids is 1. The maximum Gasteiger partial charge on any atom is 0.318 e. The fourth-order valence-corrected chi connectivity index (χ4v) is 3.07. The second-order valence-electron chi connectivity index (χ2n) is 5.50. The highest BCUT2D eigenvalue weighted by Gasteiger charge is 2.35. The fraction of sp³-hybridized carbons (Fsp3) is 0.571. The van der Waals surface area contributed by atoms with Gasteiger partial charge in [-0.05, 0) is 43.4 Å². The summed E-state index contributed by atoms with van der Waals surface area (Å²) in [6, 6.07) is 4.74. The third kappa shape index (κ3) is 2.56. The van der Waals surface area contributed by atoms with Crippen molar-refractivity contribution in [3.05, 3.63) is 30.1 Å². The summed E-state index contributed by atoms with van der Waals surface area (Å²) in [6.07, 6.45) is 7.63. The zero-order valence-electron chi connectivity index (χ0n) is 11.0. The summed E-state index contributed by atoms with van der Waals surface area (Å²) in [5.74, 6) is 0. The molecule has 2 amide bonds. The summed E-state index contributed by atoms with van der Waals surface area (Å²) in [5.41, 5.74) is 7.05. The number of amides is 2. The molecule has 102 valence electrons. The predicted molar refractivity (Wildman–Crippen MR) is 72.4 cm³/mol. The molecule has 19 heavy (non-hydrogen) atoms. The number of rotatable bonds is 2. The number of nitrogens with zero attached hydrogens (tertiary/aromatic N) is 2. The maximum absolute atomic E-state index is 12.1. The van der Waals surface area contributed by atoms with Gasteiger partial charge in [0, 0.05) is 31.0 Å². The lowest BCUT2D eigenvalue weighted by Crippen LogP contribution is -2.42. The van der Waals surface area contributed by atoms with Crippen LogP contribution >= 0.6 is 0 Å². The molecule has 1 unspecified atom stereocenters. The van der Waals surface area contributed by atoms with Crippen molar-refractivity contribution < 1.29 is 4.79 Å². The van der Waals surface area contributed by atoms with Gasteiger partial charge in [-0.25, -0.2) is 4.79 Å². The normalized spacial score (nSPS) is 31.3. The summed E-state index contributed by atoms with van der Waals surface area (Å²) in [5, 5.41) is 3.06. The number of hydrogen-bond donors (Lipinski definition) is 2. The molecule has 5 nitrogen and oxygen atoms in total. The van der Waals surface area contributed by atoms with E-state index in [-0.39, 0.29) is 12.1 Å². The molecule has 1 saturated heterocycles. The van der Waals surface area contributed by atoms with E-state index in [2.05, 4.69) is 10.3 Å². The number of nitrogens with two attached hydrogens (primary N) is 1. The van der Waals surface area contributed by atoms with Gasteiger partial charge in [0.2, 0.25) is 0 Å². The van der Waals surface area contributed by atoms with Crippen LogP contribution in [0.3, 0.4) is 0 Å². The first-order chi connectivity index (χ1) is 9.24. The Bertz CT molecular complexity index is 442. The lowest BCUT2D eigenvalue weighted by Gasteiger charge is -2.32. The van der Waals surface area contributed by atoms with Crippen LogP contribution in [0.15, 0.2) is 24.5 Å². The van der Waals surface area contributed by atoms with Crippen molar-refractivity contribution >= 4 is 6.03 Å². The van der Waals surface area contributed by atoms with Gasteiger partial charge in [-0.15, -0.1) is 0 Å². The molecule has 1 aromatic rings. The van der Waals surface area contributed by atoms with E-state index in [9.17, 15) is 4.79 Å². The van der Waals surface area contributed by atoms with E-state index >= 15 is 0 Å². The first-order valence-electron chi connectivity index (χ1n) is 6.96. The highest BCUT2D eigenvalue weighted by molar-refractivity contribution is 5.77. The SMILES string of the molecule is NC1CCC(N2CC(c3ccncc3)NC2=O)CC1. The van der Waals surface area contributed by atoms with E-state index in [1.165, 1.54) is 0 Å². The monoisotopic (exact) mass is 260 g/mol. The van der Waals surface area contributed by atoms with Gasteiger partial charge in [0.15, 0.2) is 0 Å². The molecule has 1 aromatic heterocycles. The quantitative estimate of drug-likeness (QED) is 0.844. The van der Waals surface area contributed by atoms with Crippen LogP contribution in [0.1, 0.15) is 37.3 Å². The average Bonchev–Trinajstić information content (AvgIpc) is 2.83. The predicted octanol–water partition coefficient (Wildman–Crippen LogP) is 1.42. The summed E-state index contributed by atoms with van der Waals surface area (Å²) >= 11 is 0. The van der Waals surface area contributed by atoms with Gasteiger partial charge in [-0.1, -0.05) is 0 Å². The fourth-order valence-electron chi connectivity index (χ4n) is 3.07. The van der Waals surface area contributed by atoms with Gasteiger partial charge < -0.3 is 16.0 Å². The Morgan fingerprint density at radius 3 is 2.58 bits per heavy atom. The molecule has 2 heterocycles. The Kier molecular flexibility index (Phi) is 3.38. The molecule has 1 aliphatic carbocycles. The van der Waals surface area contributed by atoms with Gasteiger partial charge in [-0.2, -0.15) is 0 Å². The van der Waals surface area contributed by atoms with E-state index in [0.717, 1.165) is 37.8 Å². The second-order valence-corrected chi connectivity index (χ2v) is 5.50. The molecule has 1 aliphatic heterocycles. The standard InChI is InChI=1S/C14H20N4O/c15-11-1-3-12(4-2-11)18-9-13(17-14(18)19)10-5-7-16-8-6-10/h5-8,11-13H,1-4,9,15H2,(H,17,19). The molecular weight excluding hydrogens is 240 g/mol. The Morgan fingerprint density at radius 1 is 1.21 bits per heavy atom. The van der Waals surface area contributed by atoms with E-state index in [4.69, 9.17) is 5.73 Å². The number of aromatic nitrogens is 1. The molecule has 2 fully saturated rings. The summed E-state index contributed by atoms with van der Waals surface area (Å²) in [4.78, 5) is 18.1. The first kappa shape index (κ1) is 12.4. The van der Waals surface area contributed by atoms with Crippen molar-refractivity contribution in [3.8, 4) is 0 Å². The van der Waals surface area contributed by atoms with E-state index in [1.54, 1.807) is 12.4 Å². The number of nitrogens with one attached hydrogen (secondary N) is 1. The van der Waals surface area contributed by atoms with Crippen LogP contribution in [-0.2, 0) is 0 Å². The Balaban J connectivity index is 1.67. The zero-order valence-corrected chi connectivity index (χ0v) is 11.0. The van der Waals surface area contributed by atoms with Crippen molar-refractivity contribution in [2.75, 3.05) is 6.54 Å². The van der Waals surface area contributed by atoms with Crippen molar-refractivity contribution in [2.45, 2.75) is 43.8 Å². The zero-order chi connectivity index (χ0) is 13.2. The van der Waals surface area contributed by atoms with Gasteiger partial charge in [-0.3, -0.25) is 4.98 Å². The average molecular weight is 260 g/mol. The van der Waals surface area contributed by atoms with Crippen LogP contribution < -0.4 is 11.1 Å². The van der Waals surface area contributed by atoms with Crippen molar-refractivity contribution in [1.82, 2.24) is 15.2 Å². The van der Waals surface area contributed by atoms with E-state index in [1.807, 2.05) is 17.0 Å². The molecule has 0 bridgehead atoms. The first-order valence-corrected chi connectivity index (χ1v) is 6.96. The smallest absolute Gasteiger partial charge is 0.318 e. The van der Waals surface area contributed by atoms with Gasteiger partial charge in [0.05, 0.1) is 6.04 Å². The van der Waals surface area contributed by atoms with E-state index in [0.29, 0.717) is 12.1 Å². The third-order valence-electron chi connectivity index (χ3n) is 4.23. The Labute approximate surface area is 113 Å². The minimum absolute atomic E-state index is 0.0577. The minimum Gasteiger partial charge on any atom is -0.329 e. The number of hydrogen-bond acceptors (Lipinski definition) is 3. The van der Waals surface area contributed by atoms with Crippen LogP contribution in [0.25, 0.3) is 0 Å². The lowest BCUT2D eigenvalue weighted by molar-refractivity contribution is 0.174. The minimum atomic E-state index is 0.0577. The van der Waals surface area contributed by atoms with Crippen molar-refractivity contribution in [2.24, 2.45) is 5.73 Å². The van der Waals surface area contributed by atoms with Gasteiger partial charge in [0.25, 0.3) is 0 Å². The Morgan fingerprint density at radius 2 is 1.89 bits per heavy atom. The maximum atomic E-state index is 12.1. The van der Waals surface area contributed by atoms with Crippen molar-refractivity contribution in [3.63, 3.8) is 0 Å². The summed E-state index contributed by atoms with van der Waals surface area (Å²) in [6.45, 7) is 0.753. The summed E-state index contributed by atoms with van der Waals surface area (Å²) in [7, 11) is 0. The van der Waals surface area contributed by atoms with Crippen LogP contribution in [-0.4, -0.2) is 34.5 Å². The molecule has 1 atom stereocenters. The highest BCUT2D eigenvalue weighted by Crippen LogP contribution is 2.28. The lowest BCUT2D eigenvalue weighted by atomic mass is 9.91. The molecular formula is C14H20N4O. The largest absolute Gasteiger partial charge is 0.329 e. The van der Waals surface area contributed by atoms with Crippen LogP contribution in [0, 0.1) is 0 Å². The number of urea groups is 1. The molecule has 5 heteroatoms. The molecule has 2 aliphatic rings. The molecule has 0 spiro atoms. The molecule has 0 radical (unpaired) electrons. The second kappa shape index (κ2) is 5.17.